The molecule has 0 bridgehead atoms. The first-order valence-corrected chi connectivity index (χ1v) is 8.06. The average Bonchev–Trinajstić information content (AvgIpc) is 2.59. The molecule has 0 saturated heterocycles. The van der Waals surface area contributed by atoms with Crippen LogP contribution in [0.15, 0.2) is 47.5 Å². The van der Waals surface area contributed by atoms with Gasteiger partial charge in [-0.25, -0.2) is 4.39 Å². The third-order valence-corrected chi connectivity index (χ3v) is 3.79. The highest BCUT2D eigenvalue weighted by Crippen LogP contribution is 2.11. The SMILES string of the molecule is CN=C(NCCCc1ccc(O)cc1)NCc1ccc(C)c(F)c1. The molecule has 0 aliphatic rings. The van der Waals surface area contributed by atoms with Crippen LogP contribution in [0, 0.1) is 12.7 Å². The summed E-state index contributed by atoms with van der Waals surface area (Å²) in [5.74, 6) is 0.793. The highest BCUT2D eigenvalue weighted by atomic mass is 19.1. The number of benzene rings is 2. The zero-order chi connectivity index (χ0) is 17.4. The number of nitrogens with zero attached hydrogens (tertiary/aromatic N) is 1. The van der Waals surface area contributed by atoms with E-state index >= 15 is 0 Å². The van der Waals surface area contributed by atoms with Crippen molar-refractivity contribution in [2.75, 3.05) is 13.6 Å². The Morgan fingerprint density at radius 3 is 2.46 bits per heavy atom. The second-order valence-electron chi connectivity index (χ2n) is 5.71. The minimum atomic E-state index is -0.189. The summed E-state index contributed by atoms with van der Waals surface area (Å²) in [6, 6.07) is 12.5. The fraction of sp³-hybridized carbons (Fsp3) is 0.316. The van der Waals surface area contributed by atoms with Crippen molar-refractivity contribution in [3.8, 4) is 5.75 Å². The summed E-state index contributed by atoms with van der Waals surface area (Å²) in [6.07, 6.45) is 1.87. The predicted octanol–water partition coefficient (Wildman–Crippen LogP) is 3.14. The molecule has 2 aromatic rings. The van der Waals surface area contributed by atoms with E-state index in [-0.39, 0.29) is 11.6 Å². The zero-order valence-electron chi connectivity index (χ0n) is 14.1. The molecule has 0 spiro atoms. The smallest absolute Gasteiger partial charge is 0.191 e. The summed E-state index contributed by atoms with van der Waals surface area (Å²) >= 11 is 0. The van der Waals surface area contributed by atoms with Crippen molar-refractivity contribution in [2.24, 2.45) is 4.99 Å². The fourth-order valence-electron chi connectivity index (χ4n) is 2.31. The maximum atomic E-state index is 13.5. The molecule has 0 amide bonds. The van der Waals surface area contributed by atoms with Crippen molar-refractivity contribution in [3.63, 3.8) is 0 Å². The molecule has 24 heavy (non-hydrogen) atoms. The summed E-state index contributed by atoms with van der Waals surface area (Å²) in [7, 11) is 1.71. The van der Waals surface area contributed by atoms with Gasteiger partial charge in [0, 0.05) is 20.1 Å². The van der Waals surface area contributed by atoms with Crippen LogP contribution in [0.4, 0.5) is 4.39 Å². The number of aliphatic imine (C=N–C) groups is 1. The summed E-state index contributed by atoms with van der Waals surface area (Å²) < 4.78 is 13.5. The summed E-state index contributed by atoms with van der Waals surface area (Å²) in [5, 5.41) is 15.7. The molecule has 0 radical (unpaired) electrons. The fourth-order valence-corrected chi connectivity index (χ4v) is 2.31. The number of rotatable bonds is 6. The van der Waals surface area contributed by atoms with Crippen LogP contribution in [0.25, 0.3) is 0 Å². The first kappa shape index (κ1) is 17.8. The monoisotopic (exact) mass is 329 g/mol. The lowest BCUT2D eigenvalue weighted by molar-refractivity contribution is 0.475. The predicted molar refractivity (Wildman–Crippen MR) is 95.8 cm³/mol. The Hall–Kier alpha value is -2.56. The van der Waals surface area contributed by atoms with Gasteiger partial charge in [0.1, 0.15) is 11.6 Å². The number of aryl methyl sites for hydroxylation is 2. The standard InChI is InChI=1S/C19H24FN3O/c1-14-5-6-16(12-18(14)20)13-23-19(21-2)22-11-3-4-15-7-9-17(24)10-8-15/h5-10,12,24H,3-4,11,13H2,1-2H3,(H2,21,22,23). The van der Waals surface area contributed by atoms with E-state index in [0.717, 1.165) is 24.9 Å². The Morgan fingerprint density at radius 1 is 1.08 bits per heavy atom. The van der Waals surface area contributed by atoms with E-state index < -0.39 is 0 Å². The van der Waals surface area contributed by atoms with Crippen molar-refractivity contribution in [3.05, 3.63) is 65.0 Å². The van der Waals surface area contributed by atoms with Crippen LogP contribution in [0.3, 0.4) is 0 Å². The number of guanidine groups is 1. The van der Waals surface area contributed by atoms with Gasteiger partial charge in [-0.05, 0) is 54.7 Å². The molecule has 2 aromatic carbocycles. The second kappa shape index (κ2) is 8.91. The highest BCUT2D eigenvalue weighted by molar-refractivity contribution is 5.79. The molecular formula is C19H24FN3O. The van der Waals surface area contributed by atoms with Crippen molar-refractivity contribution in [1.82, 2.24) is 10.6 Å². The van der Waals surface area contributed by atoms with E-state index in [2.05, 4.69) is 15.6 Å². The van der Waals surface area contributed by atoms with Gasteiger partial charge in [0.15, 0.2) is 5.96 Å². The number of phenolic OH excluding ortho intramolecular Hbond substituents is 1. The second-order valence-corrected chi connectivity index (χ2v) is 5.71. The Bertz CT molecular complexity index is 684. The summed E-state index contributed by atoms with van der Waals surface area (Å²) in [5.41, 5.74) is 2.72. The van der Waals surface area contributed by atoms with Crippen LogP contribution in [-0.4, -0.2) is 24.7 Å². The quantitative estimate of drug-likeness (QED) is 0.433. The van der Waals surface area contributed by atoms with Gasteiger partial charge in [-0.3, -0.25) is 4.99 Å². The van der Waals surface area contributed by atoms with E-state index in [4.69, 9.17) is 0 Å². The molecule has 0 aromatic heterocycles. The molecular weight excluding hydrogens is 305 g/mol. The lowest BCUT2D eigenvalue weighted by Gasteiger charge is -2.12. The third kappa shape index (κ3) is 5.57. The summed E-state index contributed by atoms with van der Waals surface area (Å²) in [4.78, 5) is 4.17. The van der Waals surface area contributed by atoms with Crippen LogP contribution in [-0.2, 0) is 13.0 Å². The van der Waals surface area contributed by atoms with Gasteiger partial charge in [-0.2, -0.15) is 0 Å². The molecule has 0 unspecified atom stereocenters. The lowest BCUT2D eigenvalue weighted by atomic mass is 10.1. The van der Waals surface area contributed by atoms with Crippen LogP contribution in [0.2, 0.25) is 0 Å². The Morgan fingerprint density at radius 2 is 1.79 bits per heavy atom. The van der Waals surface area contributed by atoms with Crippen LogP contribution < -0.4 is 10.6 Å². The van der Waals surface area contributed by atoms with Gasteiger partial charge in [0.25, 0.3) is 0 Å². The van der Waals surface area contributed by atoms with E-state index in [9.17, 15) is 9.50 Å². The van der Waals surface area contributed by atoms with Crippen molar-refractivity contribution in [1.29, 1.82) is 0 Å². The number of hydrogen-bond acceptors (Lipinski definition) is 2. The van der Waals surface area contributed by atoms with Gasteiger partial charge in [0.05, 0.1) is 0 Å². The van der Waals surface area contributed by atoms with E-state index in [1.165, 1.54) is 5.56 Å². The van der Waals surface area contributed by atoms with Crippen molar-refractivity contribution >= 4 is 5.96 Å². The molecule has 0 heterocycles. The van der Waals surface area contributed by atoms with E-state index in [0.29, 0.717) is 18.1 Å². The average molecular weight is 329 g/mol. The topological polar surface area (TPSA) is 56.7 Å². The van der Waals surface area contributed by atoms with Gasteiger partial charge in [-0.15, -0.1) is 0 Å². The largest absolute Gasteiger partial charge is 0.508 e. The molecule has 3 N–H and O–H groups in total. The normalized spacial score (nSPS) is 11.4. The first-order chi connectivity index (χ1) is 11.6. The number of hydrogen-bond donors (Lipinski definition) is 3. The molecule has 128 valence electrons. The Kier molecular flexibility index (Phi) is 6.61. The molecule has 0 saturated carbocycles. The molecule has 0 atom stereocenters. The molecule has 4 nitrogen and oxygen atoms in total. The summed E-state index contributed by atoms with van der Waals surface area (Å²) in [6.45, 7) is 3.05. The minimum absolute atomic E-state index is 0.189. The molecule has 0 fully saturated rings. The van der Waals surface area contributed by atoms with E-state index in [1.807, 2.05) is 18.2 Å². The lowest BCUT2D eigenvalue weighted by Crippen LogP contribution is -2.37. The number of phenols is 1. The minimum Gasteiger partial charge on any atom is -0.508 e. The number of nitrogens with one attached hydrogen (secondary N) is 2. The third-order valence-electron chi connectivity index (χ3n) is 3.79. The van der Waals surface area contributed by atoms with Crippen molar-refractivity contribution in [2.45, 2.75) is 26.3 Å². The molecule has 2 rings (SSSR count). The zero-order valence-corrected chi connectivity index (χ0v) is 14.1. The van der Waals surface area contributed by atoms with Gasteiger partial charge >= 0.3 is 0 Å². The van der Waals surface area contributed by atoms with Gasteiger partial charge in [0.2, 0.25) is 0 Å². The van der Waals surface area contributed by atoms with E-state index in [1.54, 1.807) is 38.2 Å². The van der Waals surface area contributed by atoms with Crippen LogP contribution in [0.1, 0.15) is 23.1 Å². The molecule has 0 aliphatic carbocycles. The van der Waals surface area contributed by atoms with Gasteiger partial charge in [-0.1, -0.05) is 24.3 Å². The van der Waals surface area contributed by atoms with Gasteiger partial charge < -0.3 is 15.7 Å². The first-order valence-electron chi connectivity index (χ1n) is 8.06. The highest BCUT2D eigenvalue weighted by Gasteiger charge is 2.02. The van der Waals surface area contributed by atoms with Crippen LogP contribution >= 0.6 is 0 Å². The maximum Gasteiger partial charge on any atom is 0.191 e. The number of aromatic hydroxyl groups is 1. The maximum absolute atomic E-state index is 13.5. The Balaban J connectivity index is 1.72. The molecule has 5 heteroatoms. The molecule has 0 aliphatic heterocycles. The van der Waals surface area contributed by atoms with Crippen molar-refractivity contribution < 1.29 is 9.50 Å². The van der Waals surface area contributed by atoms with Crippen LogP contribution in [0.5, 0.6) is 5.75 Å². The number of halogens is 1. The Labute approximate surface area is 142 Å².